The van der Waals surface area contributed by atoms with E-state index in [2.05, 4.69) is 20.8 Å². The predicted molar refractivity (Wildman–Crippen MR) is 123 cm³/mol. The molecular formula is C23H32N2O5S. The zero-order valence-corrected chi connectivity index (χ0v) is 20.2. The summed E-state index contributed by atoms with van der Waals surface area (Å²) in [6.45, 7) is 8.60. The lowest BCUT2D eigenvalue weighted by molar-refractivity contribution is -0.145. The lowest BCUT2D eigenvalue weighted by atomic mass is 9.83. The molecule has 1 aliphatic heterocycles. The summed E-state index contributed by atoms with van der Waals surface area (Å²) in [5.41, 5.74) is 2.35. The van der Waals surface area contributed by atoms with Crippen LogP contribution in [0.3, 0.4) is 0 Å². The first-order chi connectivity index (χ1) is 14.4. The average Bonchev–Trinajstić information content (AvgIpc) is 2.65. The van der Waals surface area contributed by atoms with Gasteiger partial charge in [0.05, 0.1) is 12.0 Å². The third-order valence-corrected chi connectivity index (χ3v) is 5.68. The first kappa shape index (κ1) is 24.9. The molecule has 0 atom stereocenters. The fourth-order valence-corrected chi connectivity index (χ4v) is 4.29. The molecule has 1 aromatic carbocycles. The molecule has 1 fully saturated rings. The summed E-state index contributed by atoms with van der Waals surface area (Å²) >= 11 is 1.47. The van der Waals surface area contributed by atoms with Gasteiger partial charge in [0.2, 0.25) is 0 Å². The number of hydrogen-bond donors (Lipinski definition) is 0. The molecule has 0 N–H and O–H groups in total. The number of benzene rings is 1. The molecule has 0 unspecified atom stereocenters. The minimum absolute atomic E-state index is 0.0578. The van der Waals surface area contributed by atoms with Crippen molar-refractivity contribution in [2.24, 2.45) is 0 Å². The Hall–Kier alpha value is -2.32. The van der Waals surface area contributed by atoms with Gasteiger partial charge in [-0.25, -0.2) is 0 Å². The molecule has 2 rings (SSSR count). The van der Waals surface area contributed by atoms with Crippen molar-refractivity contribution in [3.8, 4) is 5.75 Å². The number of nitrogens with zero attached hydrogens (tertiary/aromatic N) is 2. The molecule has 0 spiro atoms. The Bertz CT molecular complexity index is 887. The molecule has 31 heavy (non-hydrogen) atoms. The quantitative estimate of drug-likeness (QED) is 0.376. The van der Waals surface area contributed by atoms with Crippen LogP contribution in [0, 0.1) is 0 Å². The van der Waals surface area contributed by atoms with Gasteiger partial charge < -0.3 is 19.3 Å². The number of carbonyl (C=O) groups is 3. The lowest BCUT2D eigenvalue weighted by Crippen LogP contribution is -2.40. The molecule has 1 amide bonds. The first-order valence-electron chi connectivity index (χ1n) is 10.1. The second-order valence-electron chi connectivity index (χ2n) is 8.80. The number of carbonyl (C=O) groups excluding carboxylic acids is 3. The highest BCUT2D eigenvalue weighted by Crippen LogP contribution is 2.37. The molecule has 8 heteroatoms. The van der Waals surface area contributed by atoms with Crippen LogP contribution in [0.4, 0.5) is 0 Å². The third-order valence-electron chi connectivity index (χ3n) is 4.69. The highest BCUT2D eigenvalue weighted by molar-refractivity contribution is 8.04. The van der Waals surface area contributed by atoms with Crippen LogP contribution in [0.2, 0.25) is 0 Å². The lowest BCUT2D eigenvalue weighted by Gasteiger charge is -2.28. The van der Waals surface area contributed by atoms with E-state index in [-0.39, 0.29) is 23.8 Å². The van der Waals surface area contributed by atoms with Crippen LogP contribution in [-0.2, 0) is 31.1 Å². The number of thioether (sulfide) groups is 1. The molecule has 0 bridgehead atoms. The van der Waals surface area contributed by atoms with Gasteiger partial charge in [0.15, 0.2) is 0 Å². The normalized spacial score (nSPS) is 16.1. The van der Waals surface area contributed by atoms with Crippen molar-refractivity contribution >= 4 is 35.7 Å². The predicted octanol–water partition coefficient (Wildman–Crippen LogP) is 3.06. The number of hydrogen-bond acceptors (Lipinski definition) is 7. The fourth-order valence-electron chi connectivity index (χ4n) is 3.29. The standard InChI is InChI=1S/C23H32N2O5S/c1-15(26)30-21-17(13-24(5)6)10-16(11-18(21)23(2,3)4)12-19-22(28)25(8-9-31-19)14-20(27)29-7/h10-12H,8-9,13-14H2,1-7H3. The van der Waals surface area contributed by atoms with E-state index in [1.54, 1.807) is 0 Å². The van der Waals surface area contributed by atoms with E-state index in [0.717, 1.165) is 16.7 Å². The van der Waals surface area contributed by atoms with Crippen LogP contribution >= 0.6 is 11.8 Å². The molecule has 0 aromatic heterocycles. The van der Waals surface area contributed by atoms with E-state index in [9.17, 15) is 14.4 Å². The van der Waals surface area contributed by atoms with E-state index < -0.39 is 5.97 Å². The molecular weight excluding hydrogens is 416 g/mol. The van der Waals surface area contributed by atoms with Gasteiger partial charge in [0, 0.05) is 36.9 Å². The summed E-state index contributed by atoms with van der Waals surface area (Å²) < 4.78 is 10.3. The second-order valence-corrected chi connectivity index (χ2v) is 9.93. The molecule has 0 radical (unpaired) electrons. The van der Waals surface area contributed by atoms with Gasteiger partial charge in [-0.3, -0.25) is 14.4 Å². The number of amides is 1. The molecule has 1 aromatic rings. The van der Waals surface area contributed by atoms with Crippen molar-refractivity contribution in [3.63, 3.8) is 0 Å². The summed E-state index contributed by atoms with van der Waals surface area (Å²) in [6, 6.07) is 3.92. The van der Waals surface area contributed by atoms with E-state index in [4.69, 9.17) is 9.47 Å². The van der Waals surface area contributed by atoms with Gasteiger partial charge >= 0.3 is 11.9 Å². The van der Waals surface area contributed by atoms with Crippen molar-refractivity contribution in [2.45, 2.75) is 39.7 Å². The summed E-state index contributed by atoms with van der Waals surface area (Å²) in [7, 11) is 5.21. The highest BCUT2D eigenvalue weighted by atomic mass is 32.2. The Morgan fingerprint density at radius 2 is 1.94 bits per heavy atom. The van der Waals surface area contributed by atoms with Crippen molar-refractivity contribution < 1.29 is 23.9 Å². The summed E-state index contributed by atoms with van der Waals surface area (Å²) in [5.74, 6) is 0.293. The van der Waals surface area contributed by atoms with Crippen LogP contribution in [0.15, 0.2) is 17.0 Å². The minimum Gasteiger partial charge on any atom is -0.468 e. The second kappa shape index (κ2) is 10.3. The zero-order valence-electron chi connectivity index (χ0n) is 19.4. The average molecular weight is 449 g/mol. The molecule has 1 saturated heterocycles. The van der Waals surface area contributed by atoms with Crippen molar-refractivity contribution in [3.05, 3.63) is 33.7 Å². The molecule has 7 nitrogen and oxygen atoms in total. The maximum atomic E-state index is 12.9. The summed E-state index contributed by atoms with van der Waals surface area (Å²) in [6.07, 6.45) is 1.85. The van der Waals surface area contributed by atoms with Crippen LogP contribution in [0.25, 0.3) is 6.08 Å². The number of ether oxygens (including phenoxy) is 2. The van der Waals surface area contributed by atoms with Crippen molar-refractivity contribution in [2.75, 3.05) is 40.0 Å². The molecule has 0 aliphatic carbocycles. The summed E-state index contributed by atoms with van der Waals surface area (Å²) in [5, 5.41) is 0. The van der Waals surface area contributed by atoms with Gasteiger partial charge in [-0.05, 0) is 43.3 Å². The number of esters is 2. The van der Waals surface area contributed by atoms with Crippen LogP contribution in [0.5, 0.6) is 5.75 Å². The van der Waals surface area contributed by atoms with Gasteiger partial charge in [-0.2, -0.15) is 0 Å². The SMILES string of the molecule is COC(=O)CN1CCSC(=Cc2cc(CN(C)C)c(OC(C)=O)c(C(C)(C)C)c2)C1=O. The third kappa shape index (κ3) is 6.83. The Morgan fingerprint density at radius 3 is 2.48 bits per heavy atom. The Balaban J connectivity index is 2.53. The van der Waals surface area contributed by atoms with E-state index >= 15 is 0 Å². The van der Waals surface area contributed by atoms with E-state index in [0.29, 0.717) is 29.5 Å². The minimum atomic E-state index is -0.436. The van der Waals surface area contributed by atoms with Crippen LogP contribution in [0.1, 0.15) is 44.4 Å². The van der Waals surface area contributed by atoms with Gasteiger partial charge in [-0.15, -0.1) is 11.8 Å². The summed E-state index contributed by atoms with van der Waals surface area (Å²) in [4.78, 5) is 40.4. The van der Waals surface area contributed by atoms with E-state index in [1.807, 2.05) is 37.2 Å². The number of rotatable bonds is 6. The van der Waals surface area contributed by atoms with Gasteiger partial charge in [0.25, 0.3) is 5.91 Å². The topological polar surface area (TPSA) is 76.2 Å². The Morgan fingerprint density at radius 1 is 1.26 bits per heavy atom. The van der Waals surface area contributed by atoms with Gasteiger partial charge in [0.1, 0.15) is 12.3 Å². The van der Waals surface area contributed by atoms with Crippen molar-refractivity contribution in [1.29, 1.82) is 0 Å². The molecule has 1 aliphatic rings. The molecule has 0 saturated carbocycles. The smallest absolute Gasteiger partial charge is 0.325 e. The zero-order chi connectivity index (χ0) is 23.3. The fraction of sp³-hybridized carbons (Fsp3) is 0.522. The maximum Gasteiger partial charge on any atom is 0.325 e. The molecule has 170 valence electrons. The largest absolute Gasteiger partial charge is 0.468 e. The van der Waals surface area contributed by atoms with Crippen LogP contribution in [-0.4, -0.2) is 67.7 Å². The Labute approximate surface area is 188 Å². The maximum absolute atomic E-state index is 12.9. The highest BCUT2D eigenvalue weighted by Gasteiger charge is 2.27. The number of methoxy groups -OCH3 is 1. The molecule has 1 heterocycles. The van der Waals surface area contributed by atoms with Crippen LogP contribution < -0.4 is 4.74 Å². The first-order valence-corrected chi connectivity index (χ1v) is 11.1. The van der Waals surface area contributed by atoms with E-state index in [1.165, 1.54) is 30.7 Å². The van der Waals surface area contributed by atoms with Gasteiger partial charge in [-0.1, -0.05) is 20.8 Å². The van der Waals surface area contributed by atoms with Crippen molar-refractivity contribution in [1.82, 2.24) is 9.80 Å². The Kier molecular flexibility index (Phi) is 8.31. The monoisotopic (exact) mass is 448 g/mol.